The lowest BCUT2D eigenvalue weighted by atomic mass is 9.97. The third-order valence-corrected chi connectivity index (χ3v) is 4.68. The van der Waals surface area contributed by atoms with Crippen molar-refractivity contribution in [1.29, 1.82) is 0 Å². The van der Waals surface area contributed by atoms with Gasteiger partial charge in [-0.05, 0) is 48.6 Å². The highest BCUT2D eigenvalue weighted by Gasteiger charge is 2.18. The first-order valence-corrected chi connectivity index (χ1v) is 8.62. The van der Waals surface area contributed by atoms with Crippen LogP contribution in [0.1, 0.15) is 29.9 Å². The number of rotatable bonds is 7. The molecule has 5 nitrogen and oxygen atoms in total. The second-order valence-electron chi connectivity index (χ2n) is 6.41. The van der Waals surface area contributed by atoms with Crippen LogP contribution in [0.15, 0.2) is 40.8 Å². The fraction of sp³-hybridized carbons (Fsp3) is 0.474. The second kappa shape index (κ2) is 8.33. The van der Waals surface area contributed by atoms with Gasteiger partial charge in [-0.15, -0.1) is 0 Å². The van der Waals surface area contributed by atoms with Crippen molar-refractivity contribution in [2.75, 3.05) is 24.6 Å². The smallest absolute Gasteiger partial charge is 0.129 e. The molecule has 0 saturated carbocycles. The molecule has 0 radical (unpaired) electrons. The lowest BCUT2D eigenvalue weighted by Crippen LogP contribution is -2.34. The van der Waals surface area contributed by atoms with Crippen LogP contribution in [0.2, 0.25) is 0 Å². The molecule has 1 fully saturated rings. The molecule has 0 amide bonds. The Morgan fingerprint density at radius 2 is 1.67 bits per heavy atom. The van der Waals surface area contributed by atoms with E-state index in [0.29, 0.717) is 24.8 Å². The number of hydrogen-bond acceptors (Lipinski definition) is 5. The van der Waals surface area contributed by atoms with E-state index in [0.717, 1.165) is 38.2 Å². The molecule has 24 heavy (non-hydrogen) atoms. The van der Waals surface area contributed by atoms with Crippen LogP contribution in [-0.2, 0) is 19.7 Å². The van der Waals surface area contributed by atoms with E-state index in [1.807, 2.05) is 6.07 Å². The first kappa shape index (κ1) is 17.0. The van der Waals surface area contributed by atoms with Crippen molar-refractivity contribution in [1.82, 2.24) is 5.32 Å². The minimum Gasteiger partial charge on any atom is -0.462 e. The molecule has 2 aromatic rings. The van der Waals surface area contributed by atoms with E-state index in [1.165, 1.54) is 11.3 Å². The molecular formula is C19H26N2O3. The predicted molar refractivity (Wildman–Crippen MR) is 93.6 cm³/mol. The zero-order valence-electron chi connectivity index (χ0n) is 13.9. The van der Waals surface area contributed by atoms with Gasteiger partial charge in [0.1, 0.15) is 18.1 Å². The summed E-state index contributed by atoms with van der Waals surface area (Å²) >= 11 is 0. The van der Waals surface area contributed by atoms with Gasteiger partial charge in [-0.1, -0.05) is 12.1 Å². The number of hydrogen-bond donors (Lipinski definition) is 3. The van der Waals surface area contributed by atoms with Crippen molar-refractivity contribution in [3.63, 3.8) is 0 Å². The van der Waals surface area contributed by atoms with E-state index in [2.05, 4.69) is 34.5 Å². The topological polar surface area (TPSA) is 68.9 Å². The highest BCUT2D eigenvalue weighted by Crippen LogP contribution is 2.23. The molecule has 0 bridgehead atoms. The molecule has 1 saturated heterocycles. The fourth-order valence-electron chi connectivity index (χ4n) is 3.13. The normalized spacial score (nSPS) is 15.8. The third-order valence-electron chi connectivity index (χ3n) is 4.68. The Morgan fingerprint density at radius 1 is 0.958 bits per heavy atom. The Bertz CT molecular complexity index is 616. The monoisotopic (exact) mass is 330 g/mol. The average Bonchev–Trinajstić information content (AvgIpc) is 3.10. The first-order chi connectivity index (χ1) is 11.8. The second-order valence-corrected chi connectivity index (χ2v) is 6.41. The van der Waals surface area contributed by atoms with Crippen LogP contribution in [0, 0.1) is 5.92 Å². The number of nitrogens with one attached hydrogen (secondary N) is 1. The molecule has 1 aliphatic heterocycles. The SMILES string of the molecule is OCc1ccc(CNCc2ccc(N3CCC(CO)CC3)cc2)o1. The van der Waals surface area contributed by atoms with Gasteiger partial charge in [-0.3, -0.25) is 0 Å². The van der Waals surface area contributed by atoms with E-state index < -0.39 is 0 Å². The molecule has 3 N–H and O–H groups in total. The highest BCUT2D eigenvalue weighted by molar-refractivity contribution is 5.48. The molecule has 5 heteroatoms. The van der Waals surface area contributed by atoms with Crippen molar-refractivity contribution in [2.24, 2.45) is 5.92 Å². The molecule has 0 aliphatic carbocycles. The molecule has 0 spiro atoms. The lowest BCUT2D eigenvalue weighted by molar-refractivity contribution is 0.203. The van der Waals surface area contributed by atoms with Gasteiger partial charge in [0.2, 0.25) is 0 Å². The number of furan rings is 1. The Morgan fingerprint density at radius 3 is 2.29 bits per heavy atom. The van der Waals surface area contributed by atoms with Gasteiger partial charge < -0.3 is 24.8 Å². The molecule has 3 rings (SSSR count). The summed E-state index contributed by atoms with van der Waals surface area (Å²) in [6.07, 6.45) is 2.14. The van der Waals surface area contributed by atoms with Gasteiger partial charge in [0.15, 0.2) is 0 Å². The van der Waals surface area contributed by atoms with Crippen LogP contribution < -0.4 is 10.2 Å². The maximum atomic E-state index is 9.22. The summed E-state index contributed by atoms with van der Waals surface area (Å²) < 4.78 is 5.45. The average molecular weight is 330 g/mol. The summed E-state index contributed by atoms with van der Waals surface area (Å²) in [5.74, 6) is 1.90. The quantitative estimate of drug-likeness (QED) is 0.727. The van der Waals surface area contributed by atoms with Gasteiger partial charge in [-0.25, -0.2) is 0 Å². The minimum atomic E-state index is -0.0585. The number of piperidine rings is 1. The summed E-state index contributed by atoms with van der Waals surface area (Å²) in [7, 11) is 0. The van der Waals surface area contributed by atoms with Crippen LogP contribution >= 0.6 is 0 Å². The fourth-order valence-corrected chi connectivity index (χ4v) is 3.13. The molecule has 1 aromatic heterocycles. The summed E-state index contributed by atoms with van der Waals surface area (Å²) in [4.78, 5) is 2.39. The van der Waals surface area contributed by atoms with Crippen molar-refractivity contribution in [3.05, 3.63) is 53.5 Å². The number of aliphatic hydroxyl groups is 2. The number of aliphatic hydroxyl groups excluding tert-OH is 2. The van der Waals surface area contributed by atoms with Crippen molar-refractivity contribution >= 4 is 5.69 Å². The zero-order chi connectivity index (χ0) is 16.8. The number of benzene rings is 1. The minimum absolute atomic E-state index is 0.0585. The molecule has 2 heterocycles. The Labute approximate surface area is 142 Å². The van der Waals surface area contributed by atoms with E-state index in [1.54, 1.807) is 6.07 Å². The van der Waals surface area contributed by atoms with E-state index in [4.69, 9.17) is 9.52 Å². The molecule has 1 aromatic carbocycles. The summed E-state index contributed by atoms with van der Waals surface area (Å²) in [5, 5.41) is 21.6. The molecular weight excluding hydrogens is 304 g/mol. The zero-order valence-corrected chi connectivity index (χ0v) is 13.9. The Balaban J connectivity index is 1.46. The third kappa shape index (κ3) is 4.38. The summed E-state index contributed by atoms with van der Waals surface area (Å²) in [5.41, 5.74) is 2.49. The largest absolute Gasteiger partial charge is 0.462 e. The summed E-state index contributed by atoms with van der Waals surface area (Å²) in [6, 6.07) is 12.3. The van der Waals surface area contributed by atoms with Crippen LogP contribution in [0.25, 0.3) is 0 Å². The lowest BCUT2D eigenvalue weighted by Gasteiger charge is -2.33. The predicted octanol–water partition coefficient (Wildman–Crippen LogP) is 2.27. The van der Waals surface area contributed by atoms with Gasteiger partial charge in [0.25, 0.3) is 0 Å². The molecule has 130 valence electrons. The van der Waals surface area contributed by atoms with Crippen molar-refractivity contribution in [2.45, 2.75) is 32.5 Å². The first-order valence-electron chi connectivity index (χ1n) is 8.62. The number of nitrogens with zero attached hydrogens (tertiary/aromatic N) is 1. The van der Waals surface area contributed by atoms with Crippen LogP contribution in [0.5, 0.6) is 0 Å². The Hall–Kier alpha value is -1.82. The highest BCUT2D eigenvalue weighted by atomic mass is 16.4. The van der Waals surface area contributed by atoms with Crippen LogP contribution in [-0.4, -0.2) is 29.9 Å². The van der Waals surface area contributed by atoms with Crippen LogP contribution in [0.4, 0.5) is 5.69 Å². The van der Waals surface area contributed by atoms with E-state index in [9.17, 15) is 5.11 Å². The van der Waals surface area contributed by atoms with Crippen molar-refractivity contribution in [3.8, 4) is 0 Å². The van der Waals surface area contributed by atoms with Gasteiger partial charge in [0, 0.05) is 31.9 Å². The van der Waals surface area contributed by atoms with Gasteiger partial charge >= 0.3 is 0 Å². The van der Waals surface area contributed by atoms with E-state index in [-0.39, 0.29) is 6.61 Å². The Kier molecular flexibility index (Phi) is 5.91. The standard InChI is InChI=1S/C19H26N2O3/c22-13-16-7-9-21(10-8-16)17-3-1-15(2-4-17)11-20-12-18-5-6-19(14-23)24-18/h1-6,16,20,22-23H,7-14H2. The maximum Gasteiger partial charge on any atom is 0.129 e. The molecule has 0 atom stereocenters. The van der Waals surface area contributed by atoms with Gasteiger partial charge in [0.05, 0.1) is 6.54 Å². The summed E-state index contributed by atoms with van der Waals surface area (Å²) in [6.45, 7) is 3.73. The van der Waals surface area contributed by atoms with Gasteiger partial charge in [-0.2, -0.15) is 0 Å². The van der Waals surface area contributed by atoms with Crippen LogP contribution in [0.3, 0.4) is 0 Å². The molecule has 0 unspecified atom stereocenters. The number of anilines is 1. The maximum absolute atomic E-state index is 9.22. The van der Waals surface area contributed by atoms with Crippen molar-refractivity contribution < 1.29 is 14.6 Å². The molecule has 1 aliphatic rings. The van der Waals surface area contributed by atoms with E-state index >= 15 is 0 Å².